The summed E-state index contributed by atoms with van der Waals surface area (Å²) in [6.45, 7) is 13.6. The van der Waals surface area contributed by atoms with E-state index in [4.69, 9.17) is 0 Å². The highest BCUT2D eigenvalue weighted by molar-refractivity contribution is 6.23. The molecule has 0 saturated heterocycles. The van der Waals surface area contributed by atoms with E-state index in [9.17, 15) is 0 Å². The van der Waals surface area contributed by atoms with Crippen molar-refractivity contribution < 1.29 is 0 Å². The van der Waals surface area contributed by atoms with Gasteiger partial charge in [0.15, 0.2) is 0 Å². The molecule has 2 nitrogen and oxygen atoms in total. The normalized spacial score (nSPS) is 11.9. The highest BCUT2D eigenvalue weighted by Crippen LogP contribution is 2.48. The molecule has 0 amide bonds. The first-order chi connectivity index (χ1) is 56.8. The molecule has 0 N–H and O–H groups in total. The minimum atomic E-state index is 0.139. The van der Waals surface area contributed by atoms with Gasteiger partial charge in [0.25, 0.3) is 0 Å². The van der Waals surface area contributed by atoms with Crippen LogP contribution >= 0.6 is 0 Å². The van der Waals surface area contributed by atoms with Crippen molar-refractivity contribution in [3.63, 3.8) is 0 Å². The molecule has 0 radical (unpaired) electrons. The molecule has 19 aromatic carbocycles. The van der Waals surface area contributed by atoms with Gasteiger partial charge in [-0.2, -0.15) is 0 Å². The van der Waals surface area contributed by atoms with Gasteiger partial charge in [-0.25, -0.2) is 0 Å². The van der Waals surface area contributed by atoms with E-state index in [-0.39, 0.29) is 10.8 Å². The molecule has 21 rings (SSSR count). The summed E-state index contributed by atoms with van der Waals surface area (Å²) >= 11 is 0. The topological polar surface area (TPSA) is 9.86 Å². The first kappa shape index (κ1) is 70.9. The molecule has 0 aliphatic rings. The number of hydrogen-bond donors (Lipinski definition) is 0. The fourth-order valence-corrected chi connectivity index (χ4v) is 18.0. The quantitative estimate of drug-likeness (QED) is 0.114. The van der Waals surface area contributed by atoms with E-state index < -0.39 is 0 Å². The van der Waals surface area contributed by atoms with E-state index in [2.05, 4.69) is 463 Å². The van der Waals surface area contributed by atoms with Crippen LogP contribution in [0.15, 0.2) is 413 Å². The third-order valence-corrected chi connectivity index (χ3v) is 24.0. The summed E-state index contributed by atoms with van der Waals surface area (Å²) in [7, 11) is 0. The standard InChI is InChI=1S/C60H45N.C54H41N/c1-60(2,3)48-36-33-43(34-37-48)41-23-21-40(22-24-41)42-25-29-45(30-26-42)58-51-16-7-9-18-53(51)59(54-19-10-8-17-52(54)58)46-31-27-44(28-32-46)47-35-38-57-55(39-47)50-15-11-12-20-56(50)61(57)49-13-5-4-6-14-49;1-54(2,3)42-32-29-37(30-33-42)36-21-25-39(26-22-36)52-45-16-7-9-18-47(45)53(48-19-10-8-17-46(48)52)40-27-23-38(24-28-40)41-31-34-51-49(35-41)44-15-11-12-20-50(44)55(51)43-13-5-4-6-14-43/h4-39H,1-3H3;4-35H,1-3H3. The lowest BCUT2D eigenvalue weighted by atomic mass is 9.85. The minimum Gasteiger partial charge on any atom is -0.309 e. The van der Waals surface area contributed by atoms with Gasteiger partial charge in [-0.1, -0.05) is 393 Å². The predicted octanol–water partition coefficient (Wildman–Crippen LogP) is 31.8. The van der Waals surface area contributed by atoms with Gasteiger partial charge in [-0.05, 0) is 226 Å². The van der Waals surface area contributed by atoms with Crippen molar-refractivity contribution in [1.29, 1.82) is 0 Å². The van der Waals surface area contributed by atoms with Crippen LogP contribution in [0.1, 0.15) is 52.7 Å². The molecule has 21 aromatic rings. The number of nitrogens with zero attached hydrogens (tertiary/aromatic N) is 2. The van der Waals surface area contributed by atoms with Crippen LogP contribution in [0.3, 0.4) is 0 Å². The van der Waals surface area contributed by atoms with Crippen LogP contribution in [0.2, 0.25) is 0 Å². The largest absolute Gasteiger partial charge is 0.309 e. The van der Waals surface area contributed by atoms with Crippen molar-refractivity contribution in [1.82, 2.24) is 9.13 Å². The zero-order valence-corrected chi connectivity index (χ0v) is 66.2. The third kappa shape index (κ3) is 12.8. The number of rotatable bonds is 11. The highest BCUT2D eigenvalue weighted by Gasteiger charge is 2.23. The summed E-state index contributed by atoms with van der Waals surface area (Å²) in [6, 6.07) is 152. The van der Waals surface area contributed by atoms with Gasteiger partial charge in [-0.3, -0.25) is 0 Å². The number of benzene rings is 19. The molecule has 0 atom stereocenters. The zero-order valence-electron chi connectivity index (χ0n) is 66.2. The Kier molecular flexibility index (Phi) is 17.8. The predicted molar refractivity (Wildman–Crippen MR) is 498 cm³/mol. The monoisotopic (exact) mass is 1480 g/mol. The molecule has 552 valence electrons. The molecular formula is C114H86N2. The molecule has 116 heavy (non-hydrogen) atoms. The number of fused-ring (bicyclic) bond motifs is 10. The van der Waals surface area contributed by atoms with Gasteiger partial charge >= 0.3 is 0 Å². The second-order valence-corrected chi connectivity index (χ2v) is 33.1. The second-order valence-electron chi connectivity index (χ2n) is 33.1. The lowest BCUT2D eigenvalue weighted by molar-refractivity contribution is 0.590. The Labute approximate surface area is 678 Å². The Balaban J connectivity index is 0.000000150. The van der Waals surface area contributed by atoms with Crippen molar-refractivity contribution in [2.45, 2.75) is 52.4 Å². The van der Waals surface area contributed by atoms with E-state index in [1.807, 2.05) is 0 Å². The maximum Gasteiger partial charge on any atom is 0.0541 e. The van der Waals surface area contributed by atoms with Crippen molar-refractivity contribution in [2.75, 3.05) is 0 Å². The van der Waals surface area contributed by atoms with E-state index >= 15 is 0 Å². The van der Waals surface area contributed by atoms with Crippen LogP contribution in [0, 0.1) is 0 Å². The van der Waals surface area contributed by atoms with Gasteiger partial charge < -0.3 is 9.13 Å². The van der Waals surface area contributed by atoms with Crippen molar-refractivity contribution in [3.8, 4) is 112 Å². The molecule has 0 spiro atoms. The highest BCUT2D eigenvalue weighted by atomic mass is 15.0. The van der Waals surface area contributed by atoms with Crippen LogP contribution in [0.25, 0.3) is 198 Å². The smallest absolute Gasteiger partial charge is 0.0541 e. The van der Waals surface area contributed by atoms with Gasteiger partial charge in [0.2, 0.25) is 0 Å². The third-order valence-electron chi connectivity index (χ3n) is 24.0. The Morgan fingerprint density at radius 2 is 0.328 bits per heavy atom. The average Bonchev–Trinajstić information content (AvgIpc) is 1.08. The van der Waals surface area contributed by atoms with Crippen LogP contribution in [0.4, 0.5) is 0 Å². The Hall–Kier alpha value is -14.2. The average molecular weight is 1480 g/mol. The second kappa shape index (κ2) is 29.1. The molecule has 0 unspecified atom stereocenters. The lowest BCUT2D eigenvalue weighted by Gasteiger charge is -2.19. The van der Waals surface area contributed by atoms with Gasteiger partial charge in [0.1, 0.15) is 0 Å². The zero-order chi connectivity index (χ0) is 78.2. The molecule has 0 saturated carbocycles. The van der Waals surface area contributed by atoms with Crippen LogP contribution in [0.5, 0.6) is 0 Å². The number of hydrogen-bond acceptors (Lipinski definition) is 0. The summed E-state index contributed by atoms with van der Waals surface area (Å²) in [5.74, 6) is 0. The van der Waals surface area contributed by atoms with E-state index in [0.29, 0.717) is 0 Å². The van der Waals surface area contributed by atoms with E-state index in [1.54, 1.807) is 0 Å². The SMILES string of the molecule is CC(C)(C)c1ccc(-c2ccc(-c3c4ccccc4c(-c4ccc(-c5ccc6c(c5)c5ccccc5n6-c5ccccc5)cc4)c4ccccc34)cc2)cc1.CC(C)(C)c1ccc(-c2ccc(-c3ccc(-c4c5ccccc5c(-c5ccc(-c6ccc7c(c6)c6ccccc6n7-c6ccccc6)cc5)c5ccccc45)cc3)cc2)cc1. The molecule has 2 heteroatoms. The summed E-state index contributed by atoms with van der Waals surface area (Å²) in [5.41, 5.74) is 32.4. The van der Waals surface area contributed by atoms with Crippen molar-refractivity contribution in [3.05, 3.63) is 424 Å². The molecule has 2 heterocycles. The van der Waals surface area contributed by atoms with Crippen molar-refractivity contribution in [2.24, 2.45) is 0 Å². The summed E-state index contributed by atoms with van der Waals surface area (Å²) < 4.78 is 4.75. The molecule has 0 aliphatic carbocycles. The summed E-state index contributed by atoms with van der Waals surface area (Å²) in [4.78, 5) is 0. The number of para-hydroxylation sites is 4. The van der Waals surface area contributed by atoms with Crippen LogP contribution in [-0.4, -0.2) is 9.13 Å². The minimum absolute atomic E-state index is 0.139. The maximum atomic E-state index is 2.37. The Morgan fingerprint density at radius 3 is 0.569 bits per heavy atom. The Morgan fingerprint density at radius 1 is 0.147 bits per heavy atom. The molecule has 0 fully saturated rings. The molecule has 0 bridgehead atoms. The maximum absolute atomic E-state index is 2.37. The lowest BCUT2D eigenvalue weighted by Crippen LogP contribution is -2.10. The molecule has 0 aliphatic heterocycles. The van der Waals surface area contributed by atoms with Gasteiger partial charge in [-0.15, -0.1) is 0 Å². The summed E-state index contributed by atoms with van der Waals surface area (Å²) in [6.07, 6.45) is 0. The fraction of sp³-hybridized carbons (Fsp3) is 0.0702. The summed E-state index contributed by atoms with van der Waals surface area (Å²) in [5, 5.41) is 15.2. The number of aromatic nitrogens is 2. The van der Waals surface area contributed by atoms with Gasteiger partial charge in [0, 0.05) is 32.9 Å². The van der Waals surface area contributed by atoms with Crippen LogP contribution < -0.4 is 0 Å². The molecule has 2 aromatic heterocycles. The van der Waals surface area contributed by atoms with Gasteiger partial charge in [0.05, 0.1) is 22.1 Å². The first-order valence-electron chi connectivity index (χ1n) is 40.6. The fourth-order valence-electron chi connectivity index (χ4n) is 18.0. The van der Waals surface area contributed by atoms with Crippen LogP contribution in [-0.2, 0) is 10.8 Å². The van der Waals surface area contributed by atoms with E-state index in [1.165, 1.54) is 209 Å². The Bertz CT molecular complexity index is 7160. The van der Waals surface area contributed by atoms with E-state index in [0.717, 1.165) is 0 Å². The molecular weight excluding hydrogens is 1400 g/mol. The van der Waals surface area contributed by atoms with Crippen molar-refractivity contribution >= 4 is 86.7 Å². The first-order valence-corrected chi connectivity index (χ1v) is 40.6.